The summed E-state index contributed by atoms with van der Waals surface area (Å²) < 4.78 is 10.6. The van der Waals surface area contributed by atoms with Gasteiger partial charge in [0.2, 0.25) is 5.91 Å². The number of halogens is 2. The predicted octanol–water partition coefficient (Wildman–Crippen LogP) is 5.12. The van der Waals surface area contributed by atoms with Gasteiger partial charge in [-0.3, -0.25) is 9.59 Å². The van der Waals surface area contributed by atoms with Crippen LogP contribution < -0.4 is 10.1 Å². The Labute approximate surface area is 234 Å². The van der Waals surface area contributed by atoms with Gasteiger partial charge in [0.1, 0.15) is 12.3 Å². The number of aromatic nitrogens is 1. The van der Waals surface area contributed by atoms with E-state index < -0.39 is 17.9 Å². The van der Waals surface area contributed by atoms with E-state index in [2.05, 4.69) is 10.3 Å². The fraction of sp³-hybridized carbons (Fsp3) is 0.207. The Hall–Kier alpha value is -3.85. The first-order valence-electron chi connectivity index (χ1n) is 12.3. The Balaban J connectivity index is 1.59. The van der Waals surface area contributed by atoms with E-state index in [1.807, 2.05) is 6.07 Å². The summed E-state index contributed by atoms with van der Waals surface area (Å²) >= 11 is 12.2. The molecular weight excluding hydrogens is 541 g/mol. The highest BCUT2D eigenvalue weighted by Crippen LogP contribution is 2.45. The number of nitrogens with one attached hydrogen (secondary N) is 2. The smallest absolute Gasteiger partial charge is 0.331 e. The first-order valence-corrected chi connectivity index (χ1v) is 13.0. The molecule has 8 nitrogen and oxygen atoms in total. The van der Waals surface area contributed by atoms with E-state index in [-0.39, 0.29) is 24.9 Å². The molecule has 1 aromatic heterocycles. The van der Waals surface area contributed by atoms with Crippen LogP contribution in [0, 0.1) is 0 Å². The summed E-state index contributed by atoms with van der Waals surface area (Å²) in [7, 11) is 1.55. The SMILES string of the molecule is COCCNC(=O)C1c2ccccc2C(=O)N(CC(=O)Oc2ccc(Cl)cc2)C1c1c[nH]c2cc(Cl)ccc12. The van der Waals surface area contributed by atoms with Crippen LogP contribution in [0.4, 0.5) is 0 Å². The summed E-state index contributed by atoms with van der Waals surface area (Å²) in [5, 5.41) is 4.73. The average Bonchev–Trinajstić information content (AvgIpc) is 3.34. The normalized spacial score (nSPS) is 16.7. The zero-order valence-corrected chi connectivity index (χ0v) is 22.5. The molecule has 39 heavy (non-hydrogen) atoms. The summed E-state index contributed by atoms with van der Waals surface area (Å²) in [6.07, 6.45) is 1.75. The van der Waals surface area contributed by atoms with Gasteiger partial charge in [-0.15, -0.1) is 0 Å². The van der Waals surface area contributed by atoms with Crippen LogP contribution in [0.25, 0.3) is 10.9 Å². The Morgan fingerprint density at radius 1 is 1.00 bits per heavy atom. The van der Waals surface area contributed by atoms with Crippen LogP contribution in [0.15, 0.2) is 72.9 Å². The van der Waals surface area contributed by atoms with Crippen molar-refractivity contribution in [2.45, 2.75) is 12.0 Å². The van der Waals surface area contributed by atoms with Crippen molar-refractivity contribution >= 4 is 51.9 Å². The molecule has 0 aliphatic carbocycles. The first-order chi connectivity index (χ1) is 18.9. The molecule has 1 aliphatic heterocycles. The minimum Gasteiger partial charge on any atom is -0.425 e. The van der Waals surface area contributed by atoms with Gasteiger partial charge >= 0.3 is 5.97 Å². The number of amides is 2. The Morgan fingerprint density at radius 2 is 1.74 bits per heavy atom. The maximum atomic E-state index is 13.9. The number of H-pyrrole nitrogens is 1. The van der Waals surface area contributed by atoms with Crippen molar-refractivity contribution in [1.29, 1.82) is 0 Å². The van der Waals surface area contributed by atoms with E-state index in [1.54, 1.807) is 74.0 Å². The van der Waals surface area contributed by atoms with Gasteiger partial charge in [-0.2, -0.15) is 0 Å². The van der Waals surface area contributed by atoms with E-state index in [0.717, 1.165) is 10.9 Å². The molecule has 5 rings (SSSR count). The number of hydrogen-bond donors (Lipinski definition) is 2. The number of esters is 1. The standard InChI is InChI=1S/C29H25Cl2N3O5/c1-38-13-12-32-28(36)26-21-4-2-3-5-22(21)29(37)34(16-25(35)39-19-9-6-17(30)7-10-19)27(26)23-15-33-24-14-18(31)8-11-20(23)24/h2-11,14-15,26-27,33H,12-13,16H2,1H3,(H,32,36). The lowest BCUT2D eigenvalue weighted by Gasteiger charge is -2.41. The minimum atomic E-state index is -0.817. The molecule has 2 atom stereocenters. The molecule has 200 valence electrons. The molecule has 0 spiro atoms. The zero-order valence-electron chi connectivity index (χ0n) is 20.9. The molecule has 2 unspecified atom stereocenters. The highest BCUT2D eigenvalue weighted by Gasteiger charge is 2.45. The number of benzene rings is 3. The molecule has 3 aromatic carbocycles. The molecule has 1 aliphatic rings. The minimum absolute atomic E-state index is 0.288. The maximum absolute atomic E-state index is 13.9. The Bertz CT molecular complexity index is 1540. The summed E-state index contributed by atoms with van der Waals surface area (Å²) in [5.74, 6) is -1.85. The predicted molar refractivity (Wildman–Crippen MR) is 148 cm³/mol. The third-order valence-electron chi connectivity index (χ3n) is 6.67. The lowest BCUT2D eigenvalue weighted by Crippen LogP contribution is -2.49. The second kappa shape index (κ2) is 11.5. The van der Waals surface area contributed by atoms with Crippen molar-refractivity contribution in [3.63, 3.8) is 0 Å². The van der Waals surface area contributed by atoms with Gasteiger partial charge in [-0.25, -0.2) is 4.79 Å². The summed E-state index contributed by atoms with van der Waals surface area (Å²) in [5.41, 5.74) is 2.35. The zero-order chi connectivity index (χ0) is 27.5. The number of fused-ring (bicyclic) bond motifs is 2. The van der Waals surface area contributed by atoms with Crippen LogP contribution in [0.1, 0.15) is 33.4 Å². The molecule has 0 saturated heterocycles. The molecule has 2 heterocycles. The van der Waals surface area contributed by atoms with E-state index in [0.29, 0.717) is 39.1 Å². The van der Waals surface area contributed by atoms with Gasteiger partial charge in [0.15, 0.2) is 0 Å². The van der Waals surface area contributed by atoms with Crippen molar-refractivity contribution < 1.29 is 23.9 Å². The molecule has 2 N–H and O–H groups in total. The van der Waals surface area contributed by atoms with Crippen LogP contribution in [0.3, 0.4) is 0 Å². The molecular formula is C29H25Cl2N3O5. The number of hydrogen-bond acceptors (Lipinski definition) is 5. The van der Waals surface area contributed by atoms with Gasteiger partial charge in [0, 0.05) is 51.9 Å². The van der Waals surface area contributed by atoms with Crippen molar-refractivity contribution in [1.82, 2.24) is 15.2 Å². The van der Waals surface area contributed by atoms with Crippen molar-refractivity contribution in [3.8, 4) is 5.75 Å². The van der Waals surface area contributed by atoms with Gasteiger partial charge < -0.3 is 24.7 Å². The number of carbonyl (C=O) groups excluding carboxylic acids is 3. The van der Waals surface area contributed by atoms with Gasteiger partial charge in [0.05, 0.1) is 18.6 Å². The maximum Gasteiger partial charge on any atom is 0.331 e. The van der Waals surface area contributed by atoms with Gasteiger partial charge in [0.25, 0.3) is 5.91 Å². The summed E-state index contributed by atoms with van der Waals surface area (Å²) in [6.45, 7) is 0.228. The monoisotopic (exact) mass is 565 g/mol. The number of methoxy groups -OCH3 is 1. The fourth-order valence-electron chi connectivity index (χ4n) is 4.95. The molecule has 4 aromatic rings. The molecule has 10 heteroatoms. The van der Waals surface area contributed by atoms with Gasteiger partial charge in [-0.1, -0.05) is 47.5 Å². The Morgan fingerprint density at radius 3 is 2.51 bits per heavy atom. The van der Waals surface area contributed by atoms with E-state index in [4.69, 9.17) is 32.7 Å². The summed E-state index contributed by atoms with van der Waals surface area (Å²) in [6, 6.07) is 17.8. The largest absolute Gasteiger partial charge is 0.425 e. The highest BCUT2D eigenvalue weighted by atomic mass is 35.5. The fourth-order valence-corrected chi connectivity index (χ4v) is 5.25. The average molecular weight is 566 g/mol. The third-order valence-corrected chi connectivity index (χ3v) is 7.15. The number of aromatic amines is 1. The van der Waals surface area contributed by atoms with E-state index >= 15 is 0 Å². The van der Waals surface area contributed by atoms with Crippen molar-refractivity contribution in [3.05, 3.63) is 99.7 Å². The Kier molecular flexibility index (Phi) is 7.88. The number of nitrogens with zero attached hydrogens (tertiary/aromatic N) is 1. The lowest BCUT2D eigenvalue weighted by atomic mass is 9.79. The van der Waals surface area contributed by atoms with Gasteiger partial charge in [-0.05, 0) is 48.0 Å². The second-order valence-electron chi connectivity index (χ2n) is 9.09. The molecule has 0 fully saturated rings. The van der Waals surface area contributed by atoms with Crippen LogP contribution >= 0.6 is 23.2 Å². The van der Waals surface area contributed by atoms with Crippen molar-refractivity contribution in [2.24, 2.45) is 0 Å². The molecule has 0 saturated carbocycles. The van der Waals surface area contributed by atoms with E-state index in [9.17, 15) is 14.4 Å². The topological polar surface area (TPSA) is 101 Å². The van der Waals surface area contributed by atoms with E-state index in [1.165, 1.54) is 4.90 Å². The molecule has 0 bridgehead atoms. The highest BCUT2D eigenvalue weighted by molar-refractivity contribution is 6.31. The van der Waals surface area contributed by atoms with Crippen LogP contribution in [-0.4, -0.2) is 54.5 Å². The quantitative estimate of drug-likeness (QED) is 0.175. The molecule has 0 radical (unpaired) electrons. The number of ether oxygens (including phenoxy) is 2. The number of carbonyl (C=O) groups is 3. The van der Waals surface area contributed by atoms with Crippen LogP contribution in [0.5, 0.6) is 5.75 Å². The number of rotatable bonds is 8. The summed E-state index contributed by atoms with van der Waals surface area (Å²) in [4.78, 5) is 45.4. The molecule has 2 amide bonds. The first kappa shape index (κ1) is 26.7. The van der Waals surface area contributed by atoms with Crippen molar-refractivity contribution in [2.75, 3.05) is 26.8 Å². The third kappa shape index (κ3) is 5.49. The second-order valence-corrected chi connectivity index (χ2v) is 9.96. The van der Waals surface area contributed by atoms with Crippen LogP contribution in [0.2, 0.25) is 10.0 Å². The van der Waals surface area contributed by atoms with Crippen LogP contribution in [-0.2, 0) is 14.3 Å². The lowest BCUT2D eigenvalue weighted by molar-refractivity contribution is -0.136.